The maximum absolute atomic E-state index is 9.10. The van der Waals surface area contributed by atoms with E-state index >= 15 is 0 Å². The number of aliphatic hydroxyl groups excluding tert-OH is 1. The molecular formula is C15H25NO. The Morgan fingerprint density at radius 3 is 2.06 bits per heavy atom. The molecule has 1 N–H and O–H groups in total. The van der Waals surface area contributed by atoms with Gasteiger partial charge < -0.3 is 10.0 Å². The van der Waals surface area contributed by atoms with Crippen LogP contribution < -0.4 is 0 Å². The highest BCUT2D eigenvalue weighted by molar-refractivity contribution is 5.27. The Morgan fingerprint density at radius 2 is 1.65 bits per heavy atom. The van der Waals surface area contributed by atoms with Crippen molar-refractivity contribution in [1.29, 1.82) is 0 Å². The average Bonchev–Trinajstić information content (AvgIpc) is 2.35. The first-order valence-electron chi connectivity index (χ1n) is 6.47. The number of nitrogens with zero attached hydrogens (tertiary/aromatic N) is 1. The van der Waals surface area contributed by atoms with Gasteiger partial charge in [-0.3, -0.25) is 0 Å². The number of aliphatic hydroxyl groups is 1. The zero-order chi connectivity index (χ0) is 12.8. The first-order valence-corrected chi connectivity index (χ1v) is 6.47. The fourth-order valence-electron chi connectivity index (χ4n) is 2.13. The monoisotopic (exact) mass is 235 g/mol. The van der Waals surface area contributed by atoms with Crippen LogP contribution in [0.2, 0.25) is 0 Å². The van der Waals surface area contributed by atoms with Crippen LogP contribution in [0.4, 0.5) is 0 Å². The Morgan fingerprint density at radius 1 is 1.12 bits per heavy atom. The normalized spacial score (nSPS) is 14.9. The molecule has 2 atom stereocenters. The summed E-state index contributed by atoms with van der Waals surface area (Å²) in [4.78, 5) is 2.16. The van der Waals surface area contributed by atoms with Crippen LogP contribution in [0.25, 0.3) is 0 Å². The quantitative estimate of drug-likeness (QED) is 0.818. The number of hydrogen-bond donors (Lipinski definition) is 1. The molecule has 0 aromatic heterocycles. The van der Waals surface area contributed by atoms with Crippen molar-refractivity contribution >= 4 is 0 Å². The van der Waals surface area contributed by atoms with E-state index < -0.39 is 0 Å². The molecule has 0 radical (unpaired) electrons. The molecule has 0 aliphatic rings. The van der Waals surface area contributed by atoms with Gasteiger partial charge in [0.25, 0.3) is 0 Å². The van der Waals surface area contributed by atoms with Crippen LogP contribution in [-0.2, 0) is 0 Å². The lowest BCUT2D eigenvalue weighted by Crippen LogP contribution is -2.21. The van der Waals surface area contributed by atoms with E-state index in [9.17, 15) is 0 Å². The lowest BCUT2D eigenvalue weighted by molar-refractivity contribution is 0.211. The highest BCUT2D eigenvalue weighted by Gasteiger charge is 2.13. The van der Waals surface area contributed by atoms with Gasteiger partial charge >= 0.3 is 0 Å². The number of benzene rings is 1. The second kappa shape index (κ2) is 6.77. The van der Waals surface area contributed by atoms with Crippen molar-refractivity contribution in [1.82, 2.24) is 4.90 Å². The summed E-state index contributed by atoms with van der Waals surface area (Å²) in [7, 11) is 4.12. The minimum absolute atomic E-state index is 0.232. The highest BCUT2D eigenvalue weighted by Crippen LogP contribution is 2.25. The fourth-order valence-corrected chi connectivity index (χ4v) is 2.13. The third-order valence-corrected chi connectivity index (χ3v) is 3.53. The van der Waals surface area contributed by atoms with Crippen LogP contribution >= 0.6 is 0 Å². The van der Waals surface area contributed by atoms with Crippen LogP contribution in [-0.4, -0.2) is 30.7 Å². The Labute approximate surface area is 105 Å². The molecule has 0 fully saturated rings. The van der Waals surface area contributed by atoms with Crippen molar-refractivity contribution in [3.63, 3.8) is 0 Å². The standard InChI is InChI=1S/C15H25NO/c1-5-12(2)13-6-8-14(9-7-13)15(10-11-17)16(3)4/h6-9,12,15,17H,5,10-11H2,1-4H3. The minimum atomic E-state index is 0.232. The van der Waals surface area contributed by atoms with E-state index in [0.29, 0.717) is 12.0 Å². The molecule has 2 unspecified atom stereocenters. The first-order chi connectivity index (χ1) is 8.10. The maximum atomic E-state index is 9.10. The first kappa shape index (κ1) is 14.2. The van der Waals surface area contributed by atoms with E-state index in [2.05, 4.69) is 57.1 Å². The molecule has 0 aliphatic heterocycles. The predicted molar refractivity (Wildman–Crippen MR) is 73.3 cm³/mol. The Hall–Kier alpha value is -0.860. The second-order valence-electron chi connectivity index (χ2n) is 4.97. The third kappa shape index (κ3) is 3.83. The molecule has 1 aromatic rings. The summed E-state index contributed by atoms with van der Waals surface area (Å²) in [5.74, 6) is 0.625. The van der Waals surface area contributed by atoms with Crippen LogP contribution in [0.5, 0.6) is 0 Å². The van der Waals surface area contributed by atoms with Crippen molar-refractivity contribution in [3.8, 4) is 0 Å². The molecule has 0 saturated heterocycles. The third-order valence-electron chi connectivity index (χ3n) is 3.53. The van der Waals surface area contributed by atoms with E-state index in [-0.39, 0.29) is 6.61 Å². The summed E-state index contributed by atoms with van der Waals surface area (Å²) in [5.41, 5.74) is 2.69. The van der Waals surface area contributed by atoms with Gasteiger partial charge in [-0.2, -0.15) is 0 Å². The van der Waals surface area contributed by atoms with Gasteiger partial charge in [-0.1, -0.05) is 38.1 Å². The molecule has 2 nitrogen and oxygen atoms in total. The molecule has 0 bridgehead atoms. The van der Waals surface area contributed by atoms with Gasteiger partial charge in [0, 0.05) is 12.6 Å². The summed E-state index contributed by atoms with van der Waals surface area (Å²) < 4.78 is 0. The largest absolute Gasteiger partial charge is 0.396 e. The Balaban J connectivity index is 2.84. The Bertz CT molecular complexity index is 318. The molecule has 0 aliphatic carbocycles. The number of hydrogen-bond acceptors (Lipinski definition) is 2. The molecule has 0 amide bonds. The number of rotatable bonds is 6. The van der Waals surface area contributed by atoms with Gasteiger partial charge in [-0.15, -0.1) is 0 Å². The van der Waals surface area contributed by atoms with Gasteiger partial charge in [0.2, 0.25) is 0 Å². The summed E-state index contributed by atoms with van der Waals surface area (Å²) in [5, 5.41) is 9.10. The summed E-state index contributed by atoms with van der Waals surface area (Å²) in [6.45, 7) is 4.70. The minimum Gasteiger partial charge on any atom is -0.396 e. The van der Waals surface area contributed by atoms with Crippen LogP contribution in [0.3, 0.4) is 0 Å². The van der Waals surface area contributed by atoms with Crippen LogP contribution in [0.15, 0.2) is 24.3 Å². The molecule has 0 heterocycles. The van der Waals surface area contributed by atoms with Crippen LogP contribution in [0, 0.1) is 0 Å². The predicted octanol–water partition coefficient (Wildman–Crippen LogP) is 3.19. The van der Waals surface area contributed by atoms with Gasteiger partial charge in [0.1, 0.15) is 0 Å². The van der Waals surface area contributed by atoms with Crippen molar-refractivity contribution in [2.45, 2.75) is 38.6 Å². The Kier molecular flexibility index (Phi) is 5.66. The summed E-state index contributed by atoms with van der Waals surface area (Å²) >= 11 is 0. The second-order valence-corrected chi connectivity index (χ2v) is 4.97. The fraction of sp³-hybridized carbons (Fsp3) is 0.600. The molecular weight excluding hydrogens is 210 g/mol. The van der Waals surface area contributed by atoms with E-state index in [0.717, 1.165) is 6.42 Å². The summed E-state index contributed by atoms with van der Waals surface area (Å²) in [6, 6.07) is 9.14. The molecule has 1 rings (SSSR count). The maximum Gasteiger partial charge on any atom is 0.0449 e. The topological polar surface area (TPSA) is 23.5 Å². The van der Waals surface area contributed by atoms with Crippen molar-refractivity contribution in [2.24, 2.45) is 0 Å². The zero-order valence-corrected chi connectivity index (χ0v) is 11.5. The van der Waals surface area contributed by atoms with Crippen molar-refractivity contribution < 1.29 is 5.11 Å². The van der Waals surface area contributed by atoms with E-state index in [1.807, 2.05) is 0 Å². The SMILES string of the molecule is CCC(C)c1ccc(C(CCO)N(C)C)cc1. The van der Waals surface area contributed by atoms with E-state index in [4.69, 9.17) is 5.11 Å². The molecule has 17 heavy (non-hydrogen) atoms. The molecule has 1 aromatic carbocycles. The summed E-state index contributed by atoms with van der Waals surface area (Å²) in [6.07, 6.45) is 1.96. The van der Waals surface area contributed by atoms with Gasteiger partial charge in [-0.05, 0) is 44.0 Å². The van der Waals surface area contributed by atoms with Gasteiger partial charge in [0.15, 0.2) is 0 Å². The van der Waals surface area contributed by atoms with Crippen molar-refractivity contribution in [3.05, 3.63) is 35.4 Å². The lowest BCUT2D eigenvalue weighted by Gasteiger charge is -2.24. The molecule has 0 spiro atoms. The molecule has 0 saturated carbocycles. The van der Waals surface area contributed by atoms with Gasteiger partial charge in [-0.25, -0.2) is 0 Å². The van der Waals surface area contributed by atoms with Crippen LogP contribution in [0.1, 0.15) is 49.8 Å². The van der Waals surface area contributed by atoms with E-state index in [1.165, 1.54) is 17.5 Å². The van der Waals surface area contributed by atoms with E-state index in [1.54, 1.807) is 0 Å². The molecule has 96 valence electrons. The molecule has 2 heteroatoms. The van der Waals surface area contributed by atoms with Gasteiger partial charge in [0.05, 0.1) is 0 Å². The zero-order valence-electron chi connectivity index (χ0n) is 11.5. The smallest absolute Gasteiger partial charge is 0.0449 e. The average molecular weight is 235 g/mol. The van der Waals surface area contributed by atoms with Crippen molar-refractivity contribution in [2.75, 3.05) is 20.7 Å². The lowest BCUT2D eigenvalue weighted by atomic mass is 9.95. The highest BCUT2D eigenvalue weighted by atomic mass is 16.3.